The second-order valence-corrected chi connectivity index (χ2v) is 5.63. The number of halogens is 1. The molecule has 0 aliphatic rings. The second-order valence-electron chi connectivity index (χ2n) is 4.19. The van der Waals surface area contributed by atoms with Gasteiger partial charge in [0.05, 0.1) is 13.2 Å². The van der Waals surface area contributed by atoms with Crippen LogP contribution in [0, 0.1) is 0 Å². The second kappa shape index (κ2) is 6.89. The van der Waals surface area contributed by atoms with Gasteiger partial charge in [-0.05, 0) is 17.5 Å². The van der Waals surface area contributed by atoms with Crippen LogP contribution in [0.3, 0.4) is 0 Å². The summed E-state index contributed by atoms with van der Waals surface area (Å²) in [6.07, 6.45) is 0. The van der Waals surface area contributed by atoms with E-state index in [1.165, 1.54) is 10.1 Å². The molecule has 0 saturated carbocycles. The lowest BCUT2D eigenvalue weighted by molar-refractivity contribution is -0.129. The molecule has 1 aromatic heterocycles. The minimum Gasteiger partial charge on any atom is -0.383 e. The zero-order valence-corrected chi connectivity index (χ0v) is 12.3. The van der Waals surface area contributed by atoms with Crippen LogP contribution in [0.15, 0.2) is 30.3 Å². The third kappa shape index (κ3) is 3.69. The summed E-state index contributed by atoms with van der Waals surface area (Å²) in [7, 11) is 1.63. The molecule has 0 aliphatic heterocycles. The molecule has 0 bridgehead atoms. The van der Waals surface area contributed by atoms with Gasteiger partial charge in [-0.1, -0.05) is 18.2 Å². The van der Waals surface area contributed by atoms with E-state index in [-0.39, 0.29) is 11.8 Å². The molecule has 2 aromatic rings. The van der Waals surface area contributed by atoms with Gasteiger partial charge in [0.25, 0.3) is 0 Å². The highest BCUT2D eigenvalue weighted by Gasteiger charge is 2.14. The van der Waals surface area contributed by atoms with E-state index in [9.17, 15) is 4.79 Å². The Morgan fingerprint density at radius 3 is 2.89 bits per heavy atom. The predicted molar refractivity (Wildman–Crippen MR) is 79.8 cm³/mol. The van der Waals surface area contributed by atoms with Crippen molar-refractivity contribution in [1.82, 2.24) is 4.90 Å². The van der Waals surface area contributed by atoms with Gasteiger partial charge in [0, 0.05) is 23.2 Å². The lowest BCUT2D eigenvalue weighted by Crippen LogP contribution is -2.34. The van der Waals surface area contributed by atoms with E-state index in [1.54, 1.807) is 23.3 Å². The van der Waals surface area contributed by atoms with E-state index in [0.717, 1.165) is 4.88 Å². The fourth-order valence-corrected chi connectivity index (χ4v) is 3.13. The quantitative estimate of drug-likeness (QED) is 0.767. The highest BCUT2D eigenvalue weighted by atomic mass is 35.5. The van der Waals surface area contributed by atoms with Crippen LogP contribution in [0.1, 0.15) is 4.88 Å². The number of carbonyl (C=O) groups excluding carboxylic acids is 1. The molecule has 19 heavy (non-hydrogen) atoms. The Kier molecular flexibility index (Phi) is 5.19. The van der Waals surface area contributed by atoms with Crippen LogP contribution in [0.2, 0.25) is 0 Å². The number of thiophene rings is 1. The molecule has 2 rings (SSSR count). The molecule has 0 fully saturated rings. The Bertz CT molecular complexity index is 522. The highest BCUT2D eigenvalue weighted by Crippen LogP contribution is 2.26. The third-order valence-corrected chi connectivity index (χ3v) is 4.19. The van der Waals surface area contributed by atoms with Crippen LogP contribution < -0.4 is 0 Å². The maximum absolute atomic E-state index is 11.8. The summed E-state index contributed by atoms with van der Waals surface area (Å²) in [6, 6.07) is 10.3. The molecule has 0 spiro atoms. The first kappa shape index (κ1) is 14.3. The molecule has 3 nitrogen and oxygen atoms in total. The number of carbonyl (C=O) groups is 1. The van der Waals surface area contributed by atoms with Crippen molar-refractivity contribution in [3.05, 3.63) is 35.2 Å². The van der Waals surface area contributed by atoms with Crippen LogP contribution in [0.4, 0.5) is 0 Å². The molecular weight excluding hydrogens is 282 g/mol. The molecule has 1 amide bonds. The Balaban J connectivity index is 2.13. The molecule has 1 aromatic carbocycles. The predicted octanol–water partition coefficient (Wildman–Crippen LogP) is 3.12. The summed E-state index contributed by atoms with van der Waals surface area (Å²) in [4.78, 5) is 14.7. The van der Waals surface area contributed by atoms with Crippen LogP contribution >= 0.6 is 22.9 Å². The monoisotopic (exact) mass is 297 g/mol. The zero-order chi connectivity index (χ0) is 13.7. The zero-order valence-electron chi connectivity index (χ0n) is 10.8. The summed E-state index contributed by atoms with van der Waals surface area (Å²) >= 11 is 7.35. The first-order valence-electron chi connectivity index (χ1n) is 6.04. The van der Waals surface area contributed by atoms with Crippen molar-refractivity contribution in [2.24, 2.45) is 0 Å². The molecule has 1 heterocycles. The van der Waals surface area contributed by atoms with Crippen LogP contribution in [0.5, 0.6) is 0 Å². The maximum Gasteiger partial charge on any atom is 0.237 e. The van der Waals surface area contributed by atoms with Crippen molar-refractivity contribution in [2.75, 3.05) is 26.1 Å². The van der Waals surface area contributed by atoms with E-state index >= 15 is 0 Å². The molecule has 0 aliphatic carbocycles. The molecule has 0 saturated heterocycles. The van der Waals surface area contributed by atoms with Gasteiger partial charge in [-0.25, -0.2) is 0 Å². The summed E-state index contributed by atoms with van der Waals surface area (Å²) in [5, 5.41) is 1.22. The van der Waals surface area contributed by atoms with Crippen LogP contribution in [-0.2, 0) is 16.1 Å². The molecule has 0 N–H and O–H groups in total. The van der Waals surface area contributed by atoms with Gasteiger partial charge in [0.2, 0.25) is 5.91 Å². The van der Waals surface area contributed by atoms with Crippen molar-refractivity contribution in [3.8, 4) is 0 Å². The fourth-order valence-electron chi connectivity index (χ4n) is 1.88. The average molecular weight is 298 g/mol. The topological polar surface area (TPSA) is 29.5 Å². The lowest BCUT2D eigenvalue weighted by Gasteiger charge is -2.20. The molecule has 0 atom stereocenters. The van der Waals surface area contributed by atoms with Crippen LogP contribution in [0.25, 0.3) is 10.1 Å². The molecule has 102 valence electrons. The first-order valence-corrected chi connectivity index (χ1v) is 7.40. The summed E-state index contributed by atoms with van der Waals surface area (Å²) in [6.45, 7) is 1.68. The lowest BCUT2D eigenvalue weighted by atomic mass is 10.2. The third-order valence-electron chi connectivity index (χ3n) is 2.86. The van der Waals surface area contributed by atoms with Crippen molar-refractivity contribution in [1.29, 1.82) is 0 Å². The fraction of sp³-hybridized carbons (Fsp3) is 0.357. The van der Waals surface area contributed by atoms with Gasteiger partial charge in [-0.2, -0.15) is 0 Å². The van der Waals surface area contributed by atoms with E-state index < -0.39 is 0 Å². The summed E-state index contributed by atoms with van der Waals surface area (Å²) < 4.78 is 6.27. The van der Waals surface area contributed by atoms with Gasteiger partial charge >= 0.3 is 0 Å². The highest BCUT2D eigenvalue weighted by molar-refractivity contribution is 7.19. The van der Waals surface area contributed by atoms with Crippen molar-refractivity contribution < 1.29 is 9.53 Å². The van der Waals surface area contributed by atoms with Crippen LogP contribution in [-0.4, -0.2) is 36.9 Å². The number of amides is 1. The van der Waals surface area contributed by atoms with Crippen molar-refractivity contribution in [2.45, 2.75) is 6.54 Å². The number of nitrogens with zero attached hydrogens (tertiary/aromatic N) is 1. The Labute approximate surface area is 121 Å². The van der Waals surface area contributed by atoms with Gasteiger partial charge in [-0.15, -0.1) is 22.9 Å². The number of hydrogen-bond acceptors (Lipinski definition) is 3. The number of alkyl halides is 1. The van der Waals surface area contributed by atoms with Crippen molar-refractivity contribution in [3.63, 3.8) is 0 Å². The number of ether oxygens (including phenoxy) is 1. The number of methoxy groups -OCH3 is 1. The summed E-state index contributed by atoms with van der Waals surface area (Å²) in [5.74, 6) is -0.0506. The van der Waals surface area contributed by atoms with Crippen molar-refractivity contribution >= 4 is 38.9 Å². The molecule has 0 unspecified atom stereocenters. The van der Waals surface area contributed by atoms with Gasteiger partial charge in [0.15, 0.2) is 0 Å². The minimum atomic E-state index is -0.0591. The van der Waals surface area contributed by atoms with E-state index in [0.29, 0.717) is 19.7 Å². The van der Waals surface area contributed by atoms with E-state index in [4.69, 9.17) is 16.3 Å². The maximum atomic E-state index is 11.8. The normalized spacial score (nSPS) is 10.8. The average Bonchev–Trinajstić information content (AvgIpc) is 2.84. The first-order chi connectivity index (χ1) is 9.24. The molecular formula is C14H16ClNO2S. The van der Waals surface area contributed by atoms with E-state index in [2.05, 4.69) is 18.2 Å². The molecule has 0 radical (unpaired) electrons. The smallest absolute Gasteiger partial charge is 0.237 e. The largest absolute Gasteiger partial charge is 0.383 e. The molecule has 5 heteroatoms. The van der Waals surface area contributed by atoms with Gasteiger partial charge in [0.1, 0.15) is 5.88 Å². The Hall–Kier alpha value is -1.10. The Morgan fingerprint density at radius 2 is 2.21 bits per heavy atom. The number of benzene rings is 1. The number of hydrogen-bond donors (Lipinski definition) is 0. The number of rotatable bonds is 6. The Morgan fingerprint density at radius 1 is 1.42 bits per heavy atom. The van der Waals surface area contributed by atoms with Gasteiger partial charge < -0.3 is 9.64 Å². The SMILES string of the molecule is COCCN(Cc1cc2ccccc2s1)C(=O)CCl. The van der Waals surface area contributed by atoms with E-state index in [1.807, 2.05) is 12.1 Å². The standard InChI is InChI=1S/C14H16ClNO2S/c1-18-7-6-16(14(17)9-15)10-12-8-11-4-2-3-5-13(11)19-12/h2-5,8H,6-7,9-10H2,1H3. The van der Waals surface area contributed by atoms with Gasteiger partial charge in [-0.3, -0.25) is 4.79 Å². The minimum absolute atomic E-state index is 0.00854. The summed E-state index contributed by atoms with van der Waals surface area (Å²) in [5.41, 5.74) is 0. The number of fused-ring (bicyclic) bond motifs is 1.